The van der Waals surface area contributed by atoms with Gasteiger partial charge in [0, 0.05) is 18.7 Å². The first-order valence-electron chi connectivity index (χ1n) is 5.14. The Kier molecular flexibility index (Phi) is 1.64. The first-order valence-corrected chi connectivity index (χ1v) is 5.14. The molecule has 3 atom stereocenters. The molecular weight excluding hydrogens is 164 g/mol. The summed E-state index contributed by atoms with van der Waals surface area (Å²) < 4.78 is 5.43. The molecule has 0 radical (unpaired) electrons. The maximum absolute atomic E-state index is 5.43. The van der Waals surface area contributed by atoms with Crippen molar-refractivity contribution in [3.8, 4) is 0 Å². The van der Waals surface area contributed by atoms with Gasteiger partial charge in [0.1, 0.15) is 6.10 Å². The van der Waals surface area contributed by atoms with Crippen molar-refractivity contribution in [2.75, 3.05) is 6.54 Å². The lowest BCUT2D eigenvalue weighted by molar-refractivity contribution is 0.180. The van der Waals surface area contributed by atoms with Crippen molar-refractivity contribution in [1.29, 1.82) is 0 Å². The van der Waals surface area contributed by atoms with E-state index < -0.39 is 0 Å². The topological polar surface area (TPSA) is 34.0 Å². The van der Waals surface area contributed by atoms with Gasteiger partial charge in [-0.3, -0.25) is 9.98 Å². The van der Waals surface area contributed by atoms with Crippen LogP contribution in [0.2, 0.25) is 0 Å². The molecule has 1 aliphatic carbocycles. The molecule has 3 nitrogen and oxygen atoms in total. The average molecular weight is 178 g/mol. The van der Waals surface area contributed by atoms with E-state index >= 15 is 0 Å². The summed E-state index contributed by atoms with van der Waals surface area (Å²) in [4.78, 5) is 8.94. The monoisotopic (exact) mass is 178 g/mol. The summed E-state index contributed by atoms with van der Waals surface area (Å²) in [6, 6.07) is 0.432. The minimum absolute atomic E-state index is 0.313. The van der Waals surface area contributed by atoms with Gasteiger partial charge in [-0.15, -0.1) is 0 Å². The zero-order valence-corrected chi connectivity index (χ0v) is 7.65. The predicted octanol–water partition coefficient (Wildman–Crippen LogP) is 1.43. The number of rotatable bonds is 0. The molecule has 3 aliphatic rings. The molecule has 0 aromatic rings. The Morgan fingerprint density at radius 1 is 1.46 bits per heavy atom. The van der Waals surface area contributed by atoms with Gasteiger partial charge in [0.25, 0.3) is 0 Å². The highest BCUT2D eigenvalue weighted by atomic mass is 16.5. The zero-order valence-electron chi connectivity index (χ0n) is 7.65. The van der Waals surface area contributed by atoms with Crippen molar-refractivity contribution in [2.24, 2.45) is 15.9 Å². The Morgan fingerprint density at radius 2 is 2.46 bits per heavy atom. The van der Waals surface area contributed by atoms with E-state index in [4.69, 9.17) is 4.74 Å². The fourth-order valence-corrected chi connectivity index (χ4v) is 2.61. The van der Waals surface area contributed by atoms with Crippen LogP contribution in [0.3, 0.4) is 0 Å². The number of hydrogen-bond acceptors (Lipinski definition) is 3. The maximum atomic E-state index is 5.43. The van der Waals surface area contributed by atoms with Gasteiger partial charge in [-0.25, -0.2) is 0 Å². The number of hydrogen-bond donors (Lipinski definition) is 0. The minimum atomic E-state index is 0.313. The first-order chi connectivity index (χ1) is 6.43. The molecule has 0 aromatic heterocycles. The van der Waals surface area contributed by atoms with Crippen LogP contribution in [-0.4, -0.2) is 30.8 Å². The van der Waals surface area contributed by atoms with Crippen LogP contribution in [0.25, 0.3) is 0 Å². The van der Waals surface area contributed by atoms with Gasteiger partial charge in [-0.05, 0) is 25.2 Å². The fraction of sp³-hybridized carbons (Fsp3) is 0.800. The highest BCUT2D eigenvalue weighted by molar-refractivity contribution is 5.89. The van der Waals surface area contributed by atoms with Crippen LogP contribution in [0.4, 0.5) is 0 Å². The van der Waals surface area contributed by atoms with E-state index in [1.807, 2.05) is 0 Å². The number of ether oxygens (including phenoxy) is 1. The van der Waals surface area contributed by atoms with Crippen molar-refractivity contribution in [3.05, 3.63) is 0 Å². The zero-order chi connectivity index (χ0) is 8.67. The molecule has 0 N–H and O–H groups in total. The predicted molar refractivity (Wildman–Crippen MR) is 51.4 cm³/mol. The summed E-state index contributed by atoms with van der Waals surface area (Å²) >= 11 is 0. The van der Waals surface area contributed by atoms with E-state index in [9.17, 15) is 0 Å². The highest BCUT2D eigenvalue weighted by Crippen LogP contribution is 2.33. The van der Waals surface area contributed by atoms with Crippen molar-refractivity contribution in [2.45, 2.75) is 37.8 Å². The number of fused-ring (bicyclic) bond motifs is 2. The van der Waals surface area contributed by atoms with Crippen LogP contribution in [0, 0.1) is 5.92 Å². The van der Waals surface area contributed by atoms with E-state index in [2.05, 4.69) is 9.98 Å². The number of nitrogens with zero attached hydrogens (tertiary/aromatic N) is 2. The van der Waals surface area contributed by atoms with Gasteiger partial charge in [-0.2, -0.15) is 0 Å². The molecule has 3 rings (SSSR count). The summed E-state index contributed by atoms with van der Waals surface area (Å²) in [7, 11) is 0. The second-order valence-corrected chi connectivity index (χ2v) is 4.15. The Labute approximate surface area is 77.9 Å². The molecule has 0 spiro atoms. The maximum Gasteiger partial charge on any atom is 0.170 e. The van der Waals surface area contributed by atoms with Gasteiger partial charge in [0.2, 0.25) is 0 Å². The summed E-state index contributed by atoms with van der Waals surface area (Å²) in [6.07, 6.45) is 6.71. The SMILES string of the molecule is C1=NC2CC3CCCN=C3CC2O1. The van der Waals surface area contributed by atoms with E-state index in [-0.39, 0.29) is 0 Å². The molecule has 1 fully saturated rings. The molecule has 70 valence electrons. The van der Waals surface area contributed by atoms with Crippen molar-refractivity contribution >= 4 is 12.1 Å². The Bertz CT molecular complexity index is 272. The average Bonchev–Trinajstić information content (AvgIpc) is 2.61. The third-order valence-corrected chi connectivity index (χ3v) is 3.35. The van der Waals surface area contributed by atoms with E-state index in [0.29, 0.717) is 18.1 Å². The van der Waals surface area contributed by atoms with Crippen LogP contribution < -0.4 is 0 Å². The van der Waals surface area contributed by atoms with Crippen LogP contribution in [0.15, 0.2) is 9.98 Å². The van der Waals surface area contributed by atoms with Crippen LogP contribution in [0.5, 0.6) is 0 Å². The molecule has 3 unspecified atom stereocenters. The molecule has 13 heavy (non-hydrogen) atoms. The van der Waals surface area contributed by atoms with Crippen molar-refractivity contribution in [1.82, 2.24) is 0 Å². The lowest BCUT2D eigenvalue weighted by Crippen LogP contribution is -2.38. The summed E-state index contributed by atoms with van der Waals surface area (Å²) in [5, 5.41) is 0. The normalized spacial score (nSPS) is 41.8. The first kappa shape index (κ1) is 7.54. The second-order valence-electron chi connectivity index (χ2n) is 4.15. The lowest BCUT2D eigenvalue weighted by Gasteiger charge is -2.33. The molecular formula is C10H14N2O. The van der Waals surface area contributed by atoms with Crippen LogP contribution in [-0.2, 0) is 4.74 Å². The molecule has 2 aliphatic heterocycles. The Morgan fingerprint density at radius 3 is 3.46 bits per heavy atom. The van der Waals surface area contributed by atoms with E-state index in [0.717, 1.165) is 13.0 Å². The van der Waals surface area contributed by atoms with Gasteiger partial charge in [-0.1, -0.05) is 0 Å². The summed E-state index contributed by atoms with van der Waals surface area (Å²) in [5.41, 5.74) is 1.40. The molecule has 0 bridgehead atoms. The summed E-state index contributed by atoms with van der Waals surface area (Å²) in [5.74, 6) is 0.717. The molecule has 0 saturated heterocycles. The van der Waals surface area contributed by atoms with Crippen molar-refractivity contribution in [3.63, 3.8) is 0 Å². The van der Waals surface area contributed by atoms with Crippen LogP contribution >= 0.6 is 0 Å². The van der Waals surface area contributed by atoms with Crippen molar-refractivity contribution < 1.29 is 4.74 Å². The minimum Gasteiger partial charge on any atom is -0.478 e. The number of aliphatic imine (C=N–C) groups is 2. The van der Waals surface area contributed by atoms with E-state index in [1.165, 1.54) is 25.0 Å². The molecule has 1 saturated carbocycles. The summed E-state index contributed by atoms with van der Waals surface area (Å²) in [6.45, 7) is 1.03. The standard InChI is InChI=1S/C10H14N2O/c1-2-7-4-9-10(13-6-12-9)5-8(7)11-3-1/h6-7,9-10H,1-5H2. The van der Waals surface area contributed by atoms with E-state index in [1.54, 1.807) is 6.40 Å². The van der Waals surface area contributed by atoms with Gasteiger partial charge < -0.3 is 4.74 Å². The van der Waals surface area contributed by atoms with Gasteiger partial charge >= 0.3 is 0 Å². The smallest absolute Gasteiger partial charge is 0.170 e. The molecule has 0 amide bonds. The highest BCUT2D eigenvalue weighted by Gasteiger charge is 2.38. The second kappa shape index (κ2) is 2.82. The van der Waals surface area contributed by atoms with Crippen LogP contribution in [0.1, 0.15) is 25.7 Å². The molecule has 2 heterocycles. The molecule has 3 heteroatoms. The Hall–Kier alpha value is -0.860. The third kappa shape index (κ3) is 1.18. The third-order valence-electron chi connectivity index (χ3n) is 3.35. The lowest BCUT2D eigenvalue weighted by atomic mass is 9.79. The Balaban J connectivity index is 1.83. The quantitative estimate of drug-likeness (QED) is 0.552. The largest absolute Gasteiger partial charge is 0.478 e. The van der Waals surface area contributed by atoms with Gasteiger partial charge in [0.15, 0.2) is 6.40 Å². The molecule has 0 aromatic carbocycles. The van der Waals surface area contributed by atoms with Gasteiger partial charge in [0.05, 0.1) is 6.04 Å². The fourth-order valence-electron chi connectivity index (χ4n) is 2.61.